The zero-order valence-electron chi connectivity index (χ0n) is 23.6. The summed E-state index contributed by atoms with van der Waals surface area (Å²) in [5, 5.41) is 34.3. The molecule has 1 saturated heterocycles. The van der Waals surface area contributed by atoms with Gasteiger partial charge >= 0.3 is 0 Å². The van der Waals surface area contributed by atoms with E-state index in [0.717, 1.165) is 12.8 Å². The summed E-state index contributed by atoms with van der Waals surface area (Å²) in [4.78, 5) is 0. The van der Waals surface area contributed by atoms with Crippen LogP contribution in [0.5, 0.6) is 0 Å². The highest BCUT2D eigenvalue weighted by atomic mass is 16.5. The molecule has 0 radical (unpaired) electrons. The smallest absolute Gasteiger partial charge is 0.0880 e. The molecule has 4 heteroatoms. The Morgan fingerprint density at radius 3 is 2.17 bits per heavy atom. The summed E-state index contributed by atoms with van der Waals surface area (Å²) in [6, 6.07) is 0. The number of aliphatic hydroxyl groups excluding tert-OH is 3. The Bertz CT molecular complexity index is 893. The molecule has 35 heavy (non-hydrogen) atoms. The van der Waals surface area contributed by atoms with Crippen molar-refractivity contribution < 1.29 is 20.1 Å². The fourth-order valence-corrected chi connectivity index (χ4v) is 12.1. The van der Waals surface area contributed by atoms with Crippen LogP contribution >= 0.6 is 0 Å². The molecule has 4 nitrogen and oxygen atoms in total. The average molecular weight is 489 g/mol. The predicted molar refractivity (Wildman–Crippen MR) is 138 cm³/mol. The Morgan fingerprint density at radius 1 is 0.886 bits per heavy atom. The Labute approximate surface area is 213 Å². The Kier molecular flexibility index (Phi) is 5.08. The number of aliphatic hydroxyl groups is 3. The van der Waals surface area contributed by atoms with Gasteiger partial charge in [-0.15, -0.1) is 0 Å². The maximum absolute atomic E-state index is 12.2. The van der Waals surface area contributed by atoms with E-state index in [1.165, 1.54) is 38.5 Å². The van der Waals surface area contributed by atoms with Crippen LogP contribution in [-0.2, 0) is 4.74 Å². The molecule has 3 N–H and O–H groups in total. The molecule has 13 atom stereocenters. The van der Waals surface area contributed by atoms with Gasteiger partial charge in [-0.25, -0.2) is 0 Å². The molecule has 2 spiro atoms. The number of ether oxygens (including phenoxy) is 1. The first-order valence-corrected chi connectivity index (χ1v) is 14.8. The minimum atomic E-state index is -0.522. The van der Waals surface area contributed by atoms with Gasteiger partial charge in [0.2, 0.25) is 0 Å². The van der Waals surface area contributed by atoms with Crippen LogP contribution in [0.4, 0.5) is 0 Å². The number of rotatable bonds is 1. The number of hydrogen-bond donors (Lipinski definition) is 3. The van der Waals surface area contributed by atoms with E-state index in [9.17, 15) is 15.3 Å². The summed E-state index contributed by atoms with van der Waals surface area (Å²) in [7, 11) is 0. The van der Waals surface area contributed by atoms with Crippen LogP contribution < -0.4 is 0 Å². The van der Waals surface area contributed by atoms with E-state index >= 15 is 0 Å². The molecule has 6 fully saturated rings. The summed E-state index contributed by atoms with van der Waals surface area (Å²) in [5.41, 5.74) is 0.361. The van der Waals surface area contributed by atoms with Crippen molar-refractivity contribution in [2.45, 2.75) is 137 Å². The van der Waals surface area contributed by atoms with Gasteiger partial charge in [0.15, 0.2) is 0 Å². The first kappa shape index (κ1) is 25.1. The maximum atomic E-state index is 12.2. The number of fused-ring (bicyclic) bond motifs is 4. The van der Waals surface area contributed by atoms with Crippen molar-refractivity contribution in [1.82, 2.24) is 0 Å². The second-order valence-corrected chi connectivity index (χ2v) is 16.4. The van der Waals surface area contributed by atoms with Crippen LogP contribution in [0, 0.1) is 56.2 Å². The molecule has 0 amide bonds. The van der Waals surface area contributed by atoms with E-state index in [2.05, 4.69) is 55.4 Å². The van der Waals surface area contributed by atoms with Gasteiger partial charge in [-0.05, 0) is 102 Å². The van der Waals surface area contributed by atoms with Crippen LogP contribution in [0.3, 0.4) is 0 Å². The van der Waals surface area contributed by atoms with Crippen molar-refractivity contribution in [1.29, 1.82) is 0 Å². The van der Waals surface area contributed by atoms with Gasteiger partial charge in [-0.3, -0.25) is 0 Å². The summed E-state index contributed by atoms with van der Waals surface area (Å²) in [5.74, 6) is 1.91. The summed E-state index contributed by atoms with van der Waals surface area (Å²) in [6.45, 7) is 18.2. The predicted octanol–water partition coefficient (Wildman–Crippen LogP) is 5.57. The Balaban J connectivity index is 1.36. The molecule has 5 saturated carbocycles. The van der Waals surface area contributed by atoms with Crippen molar-refractivity contribution in [3.63, 3.8) is 0 Å². The minimum Gasteiger partial charge on any atom is -0.393 e. The molecule has 1 heterocycles. The second kappa shape index (κ2) is 7.07. The van der Waals surface area contributed by atoms with Crippen LogP contribution in [0.15, 0.2) is 0 Å². The molecule has 0 aromatic carbocycles. The molecule has 6 rings (SSSR count). The molecule has 0 aromatic rings. The van der Waals surface area contributed by atoms with E-state index in [1.807, 2.05) is 0 Å². The normalized spacial score (nSPS) is 59.4. The van der Waals surface area contributed by atoms with Gasteiger partial charge in [0.25, 0.3) is 0 Å². The molecule has 0 bridgehead atoms. The Morgan fingerprint density at radius 2 is 1.51 bits per heavy atom. The van der Waals surface area contributed by atoms with E-state index < -0.39 is 12.2 Å². The molecule has 0 aromatic heterocycles. The van der Waals surface area contributed by atoms with Crippen molar-refractivity contribution in [3.05, 3.63) is 0 Å². The Hall–Kier alpha value is -0.160. The van der Waals surface area contributed by atoms with Crippen LogP contribution in [-0.4, -0.2) is 45.8 Å². The third-order valence-corrected chi connectivity index (χ3v) is 14.0. The van der Waals surface area contributed by atoms with Crippen LogP contribution in [0.2, 0.25) is 0 Å². The third kappa shape index (κ3) is 2.74. The minimum absolute atomic E-state index is 0.00933. The molecular weight excluding hydrogens is 436 g/mol. The monoisotopic (exact) mass is 488 g/mol. The largest absolute Gasteiger partial charge is 0.393 e. The van der Waals surface area contributed by atoms with E-state index in [4.69, 9.17) is 4.74 Å². The van der Waals surface area contributed by atoms with Crippen LogP contribution in [0.1, 0.15) is 107 Å². The van der Waals surface area contributed by atoms with E-state index in [-0.39, 0.29) is 40.0 Å². The van der Waals surface area contributed by atoms with Gasteiger partial charge in [0, 0.05) is 5.41 Å². The van der Waals surface area contributed by atoms with Crippen LogP contribution in [0.25, 0.3) is 0 Å². The molecular formula is C31H52O4. The summed E-state index contributed by atoms with van der Waals surface area (Å²) < 4.78 is 6.75. The highest BCUT2D eigenvalue weighted by Gasteiger charge is 2.84. The first-order chi connectivity index (χ1) is 16.1. The first-order valence-electron chi connectivity index (χ1n) is 14.8. The van der Waals surface area contributed by atoms with Gasteiger partial charge in [0.1, 0.15) is 0 Å². The van der Waals surface area contributed by atoms with Crippen molar-refractivity contribution >= 4 is 0 Å². The quantitative estimate of drug-likeness (QED) is 0.451. The lowest BCUT2D eigenvalue weighted by molar-refractivity contribution is -0.189. The topological polar surface area (TPSA) is 69.9 Å². The summed E-state index contributed by atoms with van der Waals surface area (Å²) in [6.07, 6.45) is 7.55. The molecule has 4 unspecified atom stereocenters. The fraction of sp³-hybridized carbons (Fsp3) is 1.00. The van der Waals surface area contributed by atoms with Gasteiger partial charge in [0.05, 0.1) is 30.5 Å². The van der Waals surface area contributed by atoms with Crippen molar-refractivity contribution in [2.75, 3.05) is 0 Å². The molecule has 6 aliphatic rings. The molecule has 1 aliphatic heterocycles. The molecule has 5 aliphatic carbocycles. The molecule has 200 valence electrons. The highest BCUT2D eigenvalue weighted by Crippen LogP contribution is 2.89. The lowest BCUT2D eigenvalue weighted by atomic mass is 9.41. The zero-order chi connectivity index (χ0) is 25.6. The average Bonchev–Trinajstić information content (AvgIpc) is 3.40. The van der Waals surface area contributed by atoms with Crippen molar-refractivity contribution in [3.8, 4) is 0 Å². The van der Waals surface area contributed by atoms with Gasteiger partial charge < -0.3 is 20.1 Å². The van der Waals surface area contributed by atoms with Gasteiger partial charge in [-0.1, -0.05) is 55.4 Å². The maximum Gasteiger partial charge on any atom is 0.0880 e. The van der Waals surface area contributed by atoms with E-state index in [0.29, 0.717) is 34.5 Å². The lowest BCUT2D eigenvalue weighted by Gasteiger charge is -2.63. The SMILES string of the molecule is CC1C[C@H](C(O)C(C)(C)C)O[C@H]2C1[C@@]1(C)CC[C@@]34CC35CC[C@H](O)C(C)(C)[C@@H]5CC[C@H]4[C@]1(C)[C@H]2O. The second-order valence-electron chi connectivity index (χ2n) is 16.4. The van der Waals surface area contributed by atoms with Gasteiger partial charge in [-0.2, -0.15) is 0 Å². The highest BCUT2D eigenvalue weighted by molar-refractivity contribution is 5.32. The zero-order valence-corrected chi connectivity index (χ0v) is 23.6. The standard InChI is InChI=1S/C31H52O4/c1-17-15-18(24(33)26(2,3)4)35-23-22(17)28(7)13-14-31-16-30(31)12-11-21(32)27(5,6)19(30)9-10-20(31)29(28,8)25(23)34/h17-25,32-34H,9-16H2,1-8H3/t17?,18-,19+,20+,21+,22?,23+,24?,25+,28-,29-,30?,31+/m1/s1. The fourth-order valence-electron chi connectivity index (χ4n) is 12.1. The summed E-state index contributed by atoms with van der Waals surface area (Å²) >= 11 is 0. The van der Waals surface area contributed by atoms with Crippen molar-refractivity contribution in [2.24, 2.45) is 56.2 Å². The van der Waals surface area contributed by atoms with E-state index in [1.54, 1.807) is 0 Å². The number of hydrogen-bond acceptors (Lipinski definition) is 4. The third-order valence-electron chi connectivity index (χ3n) is 14.0. The lowest BCUT2D eigenvalue weighted by Crippen LogP contribution is -2.59.